The maximum Gasteiger partial charge on any atom is 0.268 e. The Kier molecular flexibility index (Phi) is 3.49. The summed E-state index contributed by atoms with van der Waals surface area (Å²) in [6.45, 7) is 1.80. The Morgan fingerprint density at radius 3 is 2.76 bits per heavy atom. The molecule has 0 bridgehead atoms. The van der Waals surface area contributed by atoms with Gasteiger partial charge in [0, 0.05) is 37.7 Å². The quantitative estimate of drug-likeness (QED) is 0.835. The molecule has 2 fully saturated rings. The molecular weight excluding hydrogens is 342 g/mol. The zero-order valence-electron chi connectivity index (χ0n) is 14.3. The SMILES string of the molecule is CN(C(=O)c1ccc2c(c1)S(=O)(=O)N(C)C2=O)C1CCNCC12CC2. The van der Waals surface area contributed by atoms with Crippen LogP contribution >= 0.6 is 0 Å². The topological polar surface area (TPSA) is 86.8 Å². The van der Waals surface area contributed by atoms with Crippen molar-refractivity contribution in [2.24, 2.45) is 5.41 Å². The van der Waals surface area contributed by atoms with Crippen molar-refractivity contribution in [3.8, 4) is 0 Å². The van der Waals surface area contributed by atoms with E-state index in [1.165, 1.54) is 19.2 Å². The third kappa shape index (κ3) is 2.31. The minimum Gasteiger partial charge on any atom is -0.338 e. The van der Waals surface area contributed by atoms with Crippen LogP contribution in [0.3, 0.4) is 0 Å². The molecule has 1 N–H and O–H groups in total. The number of nitrogens with zero attached hydrogens (tertiary/aromatic N) is 2. The van der Waals surface area contributed by atoms with Crippen LogP contribution in [-0.4, -0.2) is 62.7 Å². The molecule has 1 unspecified atom stereocenters. The van der Waals surface area contributed by atoms with E-state index in [-0.39, 0.29) is 27.8 Å². The fourth-order valence-corrected chi connectivity index (χ4v) is 5.41. The van der Waals surface area contributed by atoms with Crippen LogP contribution in [0, 0.1) is 5.41 Å². The summed E-state index contributed by atoms with van der Waals surface area (Å²) in [7, 11) is -0.825. The molecule has 1 aromatic rings. The number of sulfonamides is 1. The third-order valence-electron chi connectivity index (χ3n) is 5.84. The molecule has 25 heavy (non-hydrogen) atoms. The first kappa shape index (κ1) is 16.5. The van der Waals surface area contributed by atoms with Crippen molar-refractivity contribution in [2.75, 3.05) is 27.2 Å². The van der Waals surface area contributed by atoms with Crippen molar-refractivity contribution in [1.29, 1.82) is 0 Å². The molecule has 1 saturated carbocycles. The van der Waals surface area contributed by atoms with Gasteiger partial charge in [-0.25, -0.2) is 12.7 Å². The fourth-order valence-electron chi connectivity index (χ4n) is 4.09. The summed E-state index contributed by atoms with van der Waals surface area (Å²) in [6, 6.07) is 4.49. The average molecular weight is 363 g/mol. The van der Waals surface area contributed by atoms with Gasteiger partial charge in [0.15, 0.2) is 0 Å². The lowest BCUT2D eigenvalue weighted by molar-refractivity contribution is 0.0599. The second-order valence-corrected chi connectivity index (χ2v) is 9.19. The normalized spacial score (nSPS) is 25.8. The highest BCUT2D eigenvalue weighted by atomic mass is 32.2. The molecule has 134 valence electrons. The number of nitrogens with one attached hydrogen (secondary N) is 1. The van der Waals surface area contributed by atoms with Crippen molar-refractivity contribution in [2.45, 2.75) is 30.2 Å². The molecule has 2 heterocycles. The molecule has 1 spiro atoms. The first-order valence-electron chi connectivity index (χ1n) is 8.43. The van der Waals surface area contributed by atoms with Crippen molar-refractivity contribution in [1.82, 2.24) is 14.5 Å². The van der Waals surface area contributed by atoms with Crippen LogP contribution in [0.2, 0.25) is 0 Å². The fraction of sp³-hybridized carbons (Fsp3) is 0.529. The molecule has 8 heteroatoms. The lowest BCUT2D eigenvalue weighted by atomic mass is 9.88. The van der Waals surface area contributed by atoms with Gasteiger partial charge >= 0.3 is 0 Å². The maximum absolute atomic E-state index is 12.9. The average Bonchev–Trinajstić information content (AvgIpc) is 3.35. The van der Waals surface area contributed by atoms with Gasteiger partial charge in [-0.05, 0) is 44.0 Å². The lowest BCUT2D eigenvalue weighted by Gasteiger charge is -2.39. The smallest absolute Gasteiger partial charge is 0.268 e. The molecule has 0 aromatic heterocycles. The highest BCUT2D eigenvalue weighted by molar-refractivity contribution is 7.90. The largest absolute Gasteiger partial charge is 0.338 e. The van der Waals surface area contributed by atoms with E-state index < -0.39 is 15.9 Å². The zero-order chi connectivity index (χ0) is 18.0. The number of carbonyl (C=O) groups is 2. The van der Waals surface area contributed by atoms with Crippen LogP contribution in [0.1, 0.15) is 40.0 Å². The summed E-state index contributed by atoms with van der Waals surface area (Å²) >= 11 is 0. The van der Waals surface area contributed by atoms with Crippen molar-refractivity contribution >= 4 is 21.8 Å². The molecule has 4 rings (SSSR count). The van der Waals surface area contributed by atoms with Gasteiger partial charge in [0.2, 0.25) is 0 Å². The minimum atomic E-state index is -3.85. The minimum absolute atomic E-state index is 0.0781. The third-order valence-corrected chi connectivity index (χ3v) is 7.62. The Balaban J connectivity index is 1.66. The first-order chi connectivity index (χ1) is 11.8. The highest BCUT2D eigenvalue weighted by Gasteiger charge is 2.52. The maximum atomic E-state index is 12.9. The molecule has 1 saturated heterocycles. The number of hydrogen-bond donors (Lipinski definition) is 1. The summed E-state index contributed by atoms with van der Waals surface area (Å²) in [4.78, 5) is 26.6. The van der Waals surface area contributed by atoms with E-state index in [1.807, 2.05) is 0 Å². The van der Waals surface area contributed by atoms with Crippen LogP contribution in [0.15, 0.2) is 23.1 Å². The zero-order valence-corrected chi connectivity index (χ0v) is 15.1. The van der Waals surface area contributed by atoms with Gasteiger partial charge in [-0.1, -0.05) is 0 Å². The number of carbonyl (C=O) groups excluding carboxylic acids is 2. The summed E-state index contributed by atoms with van der Waals surface area (Å²) in [5.41, 5.74) is 0.603. The van der Waals surface area contributed by atoms with Gasteiger partial charge < -0.3 is 10.2 Å². The number of amides is 2. The highest BCUT2D eigenvalue weighted by Crippen LogP contribution is 2.52. The summed E-state index contributed by atoms with van der Waals surface area (Å²) in [5, 5.41) is 3.40. The number of rotatable bonds is 2. The standard InChI is InChI=1S/C17H21N3O4S/c1-19(14-5-8-18-10-17(14)6-7-17)15(21)11-3-4-12-13(9-11)25(23,24)20(2)16(12)22/h3-4,9,14,18H,5-8,10H2,1-2H3. The molecule has 1 atom stereocenters. The van der Waals surface area contributed by atoms with E-state index in [9.17, 15) is 18.0 Å². The predicted molar refractivity (Wildman–Crippen MR) is 90.8 cm³/mol. The molecule has 3 aliphatic rings. The Morgan fingerprint density at radius 1 is 1.36 bits per heavy atom. The van der Waals surface area contributed by atoms with E-state index in [4.69, 9.17) is 0 Å². The van der Waals surface area contributed by atoms with Crippen LogP contribution in [0.4, 0.5) is 0 Å². The van der Waals surface area contributed by atoms with Crippen molar-refractivity contribution in [3.05, 3.63) is 29.3 Å². The summed E-state index contributed by atoms with van der Waals surface area (Å²) < 4.78 is 25.4. The lowest BCUT2D eigenvalue weighted by Crippen LogP contribution is -2.51. The number of piperidine rings is 1. The van der Waals surface area contributed by atoms with Crippen molar-refractivity contribution in [3.63, 3.8) is 0 Å². The van der Waals surface area contributed by atoms with E-state index in [1.54, 1.807) is 18.0 Å². The van der Waals surface area contributed by atoms with Gasteiger partial charge in [-0.2, -0.15) is 0 Å². The monoisotopic (exact) mass is 363 g/mol. The summed E-state index contributed by atoms with van der Waals surface area (Å²) in [5.74, 6) is -0.754. The van der Waals surface area contributed by atoms with E-state index in [2.05, 4.69) is 5.32 Å². The van der Waals surface area contributed by atoms with Crippen LogP contribution in [0.5, 0.6) is 0 Å². The van der Waals surface area contributed by atoms with Gasteiger partial charge in [0.1, 0.15) is 4.90 Å². The number of benzene rings is 1. The molecule has 0 radical (unpaired) electrons. The van der Waals surface area contributed by atoms with Crippen molar-refractivity contribution < 1.29 is 18.0 Å². The van der Waals surface area contributed by atoms with Crippen LogP contribution in [0.25, 0.3) is 0 Å². The molecule has 2 aliphatic heterocycles. The molecule has 7 nitrogen and oxygen atoms in total. The van der Waals surface area contributed by atoms with E-state index in [0.29, 0.717) is 5.56 Å². The van der Waals surface area contributed by atoms with Gasteiger partial charge in [-0.15, -0.1) is 0 Å². The second kappa shape index (κ2) is 5.28. The molecule has 1 aromatic carbocycles. The Bertz CT molecular complexity index is 876. The van der Waals surface area contributed by atoms with E-state index >= 15 is 0 Å². The Hall–Kier alpha value is -1.93. The number of hydrogen-bond acceptors (Lipinski definition) is 5. The predicted octanol–water partition coefficient (Wildman–Crippen LogP) is 0.675. The first-order valence-corrected chi connectivity index (χ1v) is 9.87. The molecular formula is C17H21N3O4S. The molecule has 2 amide bonds. The Morgan fingerprint density at radius 2 is 2.08 bits per heavy atom. The number of fused-ring (bicyclic) bond motifs is 1. The van der Waals surface area contributed by atoms with Gasteiger partial charge in [-0.3, -0.25) is 9.59 Å². The Labute approximate surface area is 147 Å². The summed E-state index contributed by atoms with van der Waals surface area (Å²) in [6.07, 6.45) is 3.12. The van der Waals surface area contributed by atoms with E-state index in [0.717, 1.165) is 36.7 Å². The van der Waals surface area contributed by atoms with Crippen LogP contribution in [-0.2, 0) is 10.0 Å². The van der Waals surface area contributed by atoms with Gasteiger partial charge in [0.05, 0.1) is 5.56 Å². The molecule has 1 aliphatic carbocycles. The van der Waals surface area contributed by atoms with Crippen LogP contribution < -0.4 is 5.32 Å². The van der Waals surface area contributed by atoms with Gasteiger partial charge in [0.25, 0.3) is 21.8 Å². The second-order valence-electron chi connectivity index (χ2n) is 7.25.